The maximum atomic E-state index is 15.2. The lowest BCUT2D eigenvalue weighted by Gasteiger charge is -2.34. The summed E-state index contributed by atoms with van der Waals surface area (Å²) in [4.78, 5) is 25.3. The Morgan fingerprint density at radius 1 is 1.48 bits per heavy atom. The van der Waals surface area contributed by atoms with Crippen LogP contribution >= 0.6 is 0 Å². The van der Waals surface area contributed by atoms with E-state index in [1.165, 1.54) is 10.8 Å². The number of carbonyl (C=O) groups excluding carboxylic acids is 1. The Kier molecular flexibility index (Phi) is 4.55. The molecule has 3 rings (SSSR count). The molecule has 2 aliphatic rings. The summed E-state index contributed by atoms with van der Waals surface area (Å²) in [7, 11) is 0. The van der Waals surface area contributed by atoms with Crippen LogP contribution in [0.15, 0.2) is 6.07 Å². The number of Topliss-reactive ketones (excluding diaryl/α,β-unsaturated/α-hetero) is 1. The lowest BCUT2D eigenvalue weighted by atomic mass is 9.92. The fourth-order valence-electron chi connectivity index (χ4n) is 3.42. The molecule has 6 nitrogen and oxygen atoms in total. The quantitative estimate of drug-likeness (QED) is 0.635. The van der Waals surface area contributed by atoms with Crippen molar-refractivity contribution in [1.82, 2.24) is 5.32 Å². The van der Waals surface area contributed by atoms with Crippen LogP contribution in [0.1, 0.15) is 24.2 Å². The number of hydrogen-bond donors (Lipinski definition) is 2. The number of carboxylic acid groups (broad SMARTS) is 1. The van der Waals surface area contributed by atoms with Crippen LogP contribution < -0.4 is 10.2 Å². The molecular weight excluding hydrogens is 332 g/mol. The van der Waals surface area contributed by atoms with E-state index in [4.69, 9.17) is 0 Å². The number of ketones is 1. The van der Waals surface area contributed by atoms with Gasteiger partial charge in [-0.25, -0.2) is 4.39 Å². The predicted molar refractivity (Wildman–Crippen MR) is 88.0 cm³/mol. The molecule has 1 aromatic rings. The monoisotopic (exact) mass is 352 g/mol. The number of benzene rings is 1. The van der Waals surface area contributed by atoms with E-state index < -0.39 is 29.3 Å². The van der Waals surface area contributed by atoms with E-state index >= 15 is 4.39 Å². The third-order valence-corrected chi connectivity index (χ3v) is 4.62. The summed E-state index contributed by atoms with van der Waals surface area (Å²) in [5.41, 5.74) is -0.438. The van der Waals surface area contributed by atoms with Crippen molar-refractivity contribution in [3.8, 4) is 0 Å². The van der Waals surface area contributed by atoms with E-state index in [0.29, 0.717) is 19.6 Å². The minimum atomic E-state index is -1.43. The van der Waals surface area contributed by atoms with Gasteiger partial charge in [-0.15, -0.1) is 0 Å². The van der Waals surface area contributed by atoms with Crippen molar-refractivity contribution in [2.24, 2.45) is 5.92 Å². The molecule has 0 bridgehead atoms. The highest BCUT2D eigenvalue weighted by molar-refractivity contribution is 6.20. The number of hydrogen-bond acceptors (Lipinski definition) is 4. The third-order valence-electron chi connectivity index (χ3n) is 4.62. The van der Waals surface area contributed by atoms with Gasteiger partial charge >= 0.3 is 5.97 Å². The Balaban J connectivity index is 2.16. The highest BCUT2D eigenvalue weighted by Gasteiger charge is 2.42. The van der Waals surface area contributed by atoms with Gasteiger partial charge in [0.15, 0.2) is 23.7 Å². The highest BCUT2D eigenvalue weighted by atomic mass is 19.1. The Morgan fingerprint density at radius 2 is 2.20 bits per heavy atom. The van der Waals surface area contributed by atoms with Crippen LogP contribution in [-0.2, 0) is 4.79 Å². The number of nitrogens with one attached hydrogen (secondary N) is 1. The molecule has 1 fully saturated rings. The minimum Gasteiger partial charge on any atom is -0.480 e. The maximum absolute atomic E-state index is 15.2. The van der Waals surface area contributed by atoms with Crippen molar-refractivity contribution in [1.29, 1.82) is 0 Å². The number of nitrogens with zero attached hydrogens (tertiary/aromatic N) is 2. The van der Waals surface area contributed by atoms with Gasteiger partial charge in [-0.2, -0.15) is 8.97 Å². The molecule has 0 aromatic heterocycles. The topological polar surface area (TPSA) is 72.7 Å². The molecule has 25 heavy (non-hydrogen) atoms. The van der Waals surface area contributed by atoms with E-state index in [1.807, 2.05) is 6.92 Å². The van der Waals surface area contributed by atoms with Gasteiger partial charge in [-0.3, -0.25) is 9.59 Å². The smallest absolute Gasteiger partial charge is 0.324 e. The second kappa shape index (κ2) is 6.51. The van der Waals surface area contributed by atoms with Gasteiger partial charge in [0.2, 0.25) is 5.82 Å². The van der Waals surface area contributed by atoms with Gasteiger partial charge in [0.05, 0.1) is 5.56 Å². The summed E-state index contributed by atoms with van der Waals surface area (Å²) >= 11 is 0. The number of anilines is 1. The Labute approximate surface area is 143 Å². The largest absolute Gasteiger partial charge is 0.480 e. The van der Waals surface area contributed by atoms with Crippen molar-refractivity contribution < 1.29 is 28.1 Å². The molecule has 8 heteroatoms. The average molecular weight is 352 g/mol. The molecule has 2 N–H and O–H groups in total. The lowest BCUT2D eigenvalue weighted by molar-refractivity contribution is -0.436. The number of carboxylic acids is 1. The molecular formula is C17H20F2N3O3+. The van der Waals surface area contributed by atoms with Crippen LogP contribution in [0.25, 0.3) is 0 Å². The summed E-state index contributed by atoms with van der Waals surface area (Å²) in [5.74, 6) is -5.24. The average Bonchev–Trinajstić information content (AvgIpc) is 2.55. The SMILES string of the molecule is CC[N+]1=CC(C(=O)O)C(=O)c2cc(F)c(N3CCNC(C)C3)c(F)c21. The van der Waals surface area contributed by atoms with Crippen molar-refractivity contribution in [3.05, 3.63) is 23.3 Å². The predicted octanol–water partition coefficient (Wildman–Crippen LogP) is 1.39. The zero-order chi connectivity index (χ0) is 18.3. The lowest BCUT2D eigenvalue weighted by Crippen LogP contribution is -2.50. The number of halogens is 2. The fourth-order valence-corrected chi connectivity index (χ4v) is 3.42. The summed E-state index contributed by atoms with van der Waals surface area (Å²) in [6.45, 7) is 5.38. The summed E-state index contributed by atoms with van der Waals surface area (Å²) in [5, 5.41) is 12.4. The van der Waals surface area contributed by atoms with E-state index in [1.54, 1.807) is 11.8 Å². The Morgan fingerprint density at radius 3 is 2.80 bits per heavy atom. The van der Waals surface area contributed by atoms with Crippen LogP contribution in [0.5, 0.6) is 0 Å². The molecule has 0 radical (unpaired) electrons. The minimum absolute atomic E-state index is 0.0485. The first-order valence-electron chi connectivity index (χ1n) is 8.24. The molecule has 1 aromatic carbocycles. The molecule has 0 saturated carbocycles. The van der Waals surface area contributed by atoms with E-state index in [-0.39, 0.29) is 29.5 Å². The molecule has 2 heterocycles. The molecule has 2 aliphatic heterocycles. The standard InChI is InChI=1S/C17H19F2N3O3/c1-3-21-8-11(17(24)25)16(23)10-6-12(18)15(13(19)14(10)21)22-5-4-20-9(2)7-22/h6,8-9,11,20H,3-5,7H2,1-2H3/p+1. The van der Waals surface area contributed by atoms with Gasteiger partial charge in [-0.05, 0) is 19.9 Å². The van der Waals surface area contributed by atoms with Gasteiger partial charge < -0.3 is 15.3 Å². The van der Waals surface area contributed by atoms with Crippen molar-refractivity contribution in [3.63, 3.8) is 0 Å². The molecule has 0 amide bonds. The maximum Gasteiger partial charge on any atom is 0.324 e. The summed E-state index contributed by atoms with van der Waals surface area (Å²) < 4.78 is 31.2. The van der Waals surface area contributed by atoms with Gasteiger partial charge in [0.25, 0.3) is 5.69 Å². The zero-order valence-corrected chi connectivity index (χ0v) is 14.1. The van der Waals surface area contributed by atoms with Crippen molar-refractivity contribution in [2.75, 3.05) is 31.1 Å². The molecule has 134 valence electrons. The van der Waals surface area contributed by atoms with Crippen LogP contribution in [0.2, 0.25) is 0 Å². The van der Waals surface area contributed by atoms with Gasteiger partial charge in [0, 0.05) is 25.7 Å². The molecule has 2 atom stereocenters. The summed E-state index contributed by atoms with van der Waals surface area (Å²) in [6, 6.07) is 1.05. The normalized spacial score (nSPS) is 23.3. The molecule has 0 spiro atoms. The van der Waals surface area contributed by atoms with E-state index in [9.17, 15) is 19.1 Å². The zero-order valence-electron chi connectivity index (χ0n) is 14.1. The van der Waals surface area contributed by atoms with Crippen LogP contribution in [-0.4, -0.2) is 59.9 Å². The third kappa shape index (κ3) is 2.90. The second-order valence-electron chi connectivity index (χ2n) is 6.33. The van der Waals surface area contributed by atoms with Crippen molar-refractivity contribution >= 4 is 29.3 Å². The van der Waals surface area contributed by atoms with E-state index in [2.05, 4.69) is 5.32 Å². The number of carbonyl (C=O) groups is 2. The molecule has 0 aliphatic carbocycles. The number of rotatable bonds is 3. The second-order valence-corrected chi connectivity index (χ2v) is 6.33. The first-order chi connectivity index (χ1) is 11.8. The number of piperazine rings is 1. The van der Waals surface area contributed by atoms with Crippen LogP contribution in [0.4, 0.5) is 20.2 Å². The highest BCUT2D eigenvalue weighted by Crippen LogP contribution is 2.37. The van der Waals surface area contributed by atoms with Crippen molar-refractivity contribution in [2.45, 2.75) is 19.9 Å². The number of aliphatic carboxylic acids is 1. The molecule has 1 saturated heterocycles. The van der Waals surface area contributed by atoms with Gasteiger partial charge in [0.1, 0.15) is 12.2 Å². The Hall–Kier alpha value is -2.35. The summed E-state index contributed by atoms with van der Waals surface area (Å²) in [6.07, 6.45) is 1.19. The fraction of sp³-hybridized carbons (Fsp3) is 0.471. The van der Waals surface area contributed by atoms with E-state index in [0.717, 1.165) is 6.07 Å². The first kappa shape index (κ1) is 17.5. The Bertz CT molecular complexity index is 779. The van der Waals surface area contributed by atoms with Crippen LogP contribution in [0, 0.1) is 17.6 Å². The first-order valence-corrected chi connectivity index (χ1v) is 8.24. The number of fused-ring (bicyclic) bond motifs is 1. The molecule has 2 unspecified atom stereocenters. The van der Waals surface area contributed by atoms with Crippen LogP contribution in [0.3, 0.4) is 0 Å². The van der Waals surface area contributed by atoms with Gasteiger partial charge in [-0.1, -0.05) is 0 Å².